The first kappa shape index (κ1) is 26.0. The van der Waals surface area contributed by atoms with Crippen LogP contribution in [-0.2, 0) is 4.79 Å². The van der Waals surface area contributed by atoms with E-state index in [2.05, 4.69) is 20.9 Å². The van der Waals surface area contributed by atoms with Gasteiger partial charge in [-0.25, -0.2) is 4.98 Å². The highest BCUT2D eigenvalue weighted by Crippen LogP contribution is 2.29. The Labute approximate surface area is 228 Å². The van der Waals surface area contributed by atoms with Crippen molar-refractivity contribution in [2.45, 2.75) is 17.1 Å². The van der Waals surface area contributed by atoms with E-state index in [0.29, 0.717) is 21.0 Å². The van der Waals surface area contributed by atoms with E-state index in [-0.39, 0.29) is 11.2 Å². The van der Waals surface area contributed by atoms with Gasteiger partial charge in [-0.2, -0.15) is 0 Å². The molecule has 0 bridgehead atoms. The number of nitrogens with one attached hydrogen (secondary N) is 3. The molecule has 36 heavy (non-hydrogen) atoms. The van der Waals surface area contributed by atoms with Crippen LogP contribution >= 0.6 is 46.9 Å². The second kappa shape index (κ2) is 12.2. The molecule has 184 valence electrons. The Balaban J connectivity index is 1.33. The monoisotopic (exact) mass is 554 g/mol. The summed E-state index contributed by atoms with van der Waals surface area (Å²) in [5, 5.41) is 12.5. The fourth-order valence-electron chi connectivity index (χ4n) is 3.23. The number of nitrogens with zero attached hydrogens (tertiary/aromatic N) is 1. The first-order valence-corrected chi connectivity index (χ1v) is 13.5. The van der Waals surface area contributed by atoms with Gasteiger partial charge in [-0.05, 0) is 61.6 Å². The molecular formula is C26H23ClN4O2S3. The molecule has 0 aliphatic carbocycles. The predicted octanol–water partition coefficient (Wildman–Crippen LogP) is 7.40. The van der Waals surface area contributed by atoms with Gasteiger partial charge in [0.15, 0.2) is 10.2 Å². The molecule has 0 fully saturated rings. The number of hydrogen-bond donors (Lipinski definition) is 3. The Hall–Kier alpha value is -3.11. The average Bonchev–Trinajstić information content (AvgIpc) is 3.33. The summed E-state index contributed by atoms with van der Waals surface area (Å²) in [5.74, 6) is 0.579. The number of halogens is 1. The van der Waals surface area contributed by atoms with Crippen molar-refractivity contribution >= 4 is 74.4 Å². The van der Waals surface area contributed by atoms with Gasteiger partial charge in [0.2, 0.25) is 5.91 Å². The van der Waals surface area contributed by atoms with Gasteiger partial charge in [0.05, 0.1) is 23.7 Å². The van der Waals surface area contributed by atoms with Crippen molar-refractivity contribution in [3.63, 3.8) is 0 Å². The van der Waals surface area contributed by atoms with Gasteiger partial charge in [0.25, 0.3) is 0 Å². The van der Waals surface area contributed by atoms with Gasteiger partial charge >= 0.3 is 0 Å². The van der Waals surface area contributed by atoms with Crippen LogP contribution in [0.2, 0.25) is 5.02 Å². The van der Waals surface area contributed by atoms with Crippen LogP contribution in [0.15, 0.2) is 83.1 Å². The minimum absolute atomic E-state index is 0.122. The van der Waals surface area contributed by atoms with Crippen molar-refractivity contribution in [1.82, 2.24) is 4.98 Å². The van der Waals surface area contributed by atoms with Crippen LogP contribution in [-0.4, -0.2) is 28.4 Å². The number of carbonyl (C=O) groups is 1. The number of para-hydroxylation sites is 2. The lowest BCUT2D eigenvalue weighted by molar-refractivity contribution is -0.115. The first-order valence-electron chi connectivity index (χ1n) is 10.9. The smallest absolute Gasteiger partial charge is 0.239 e. The lowest BCUT2D eigenvalue weighted by Gasteiger charge is -2.14. The van der Waals surface area contributed by atoms with E-state index < -0.39 is 0 Å². The van der Waals surface area contributed by atoms with Gasteiger partial charge < -0.3 is 20.7 Å². The molecule has 1 amide bonds. The maximum absolute atomic E-state index is 12.8. The minimum Gasteiger partial charge on any atom is -0.495 e. The summed E-state index contributed by atoms with van der Waals surface area (Å²) in [4.78, 5) is 18.3. The number of thiazole rings is 1. The van der Waals surface area contributed by atoms with Crippen molar-refractivity contribution in [2.75, 3.05) is 23.1 Å². The summed E-state index contributed by atoms with van der Waals surface area (Å²) in [6, 6.07) is 22.7. The lowest BCUT2D eigenvalue weighted by Crippen LogP contribution is -2.22. The van der Waals surface area contributed by atoms with Crippen LogP contribution in [0.1, 0.15) is 6.92 Å². The normalized spacial score (nSPS) is 11.4. The number of benzene rings is 3. The van der Waals surface area contributed by atoms with Crippen LogP contribution < -0.4 is 20.7 Å². The number of rotatable bonds is 8. The third-order valence-electron chi connectivity index (χ3n) is 5.00. The molecule has 0 radical (unpaired) electrons. The Kier molecular flexibility index (Phi) is 8.82. The van der Waals surface area contributed by atoms with E-state index in [1.54, 1.807) is 7.11 Å². The largest absolute Gasteiger partial charge is 0.495 e. The van der Waals surface area contributed by atoms with E-state index in [1.807, 2.05) is 85.1 Å². The maximum Gasteiger partial charge on any atom is 0.239 e. The van der Waals surface area contributed by atoms with E-state index >= 15 is 0 Å². The van der Waals surface area contributed by atoms with Crippen molar-refractivity contribution < 1.29 is 9.53 Å². The SMILES string of the molecule is COc1ccccc1NC(=S)Nc1cccc(SC(C)C(=O)Nc2nc(-c3ccc(Cl)cc3)cs2)c1. The average molecular weight is 555 g/mol. The number of hydrogen-bond acceptors (Lipinski definition) is 6. The van der Waals surface area contributed by atoms with E-state index in [0.717, 1.165) is 27.5 Å². The highest BCUT2D eigenvalue weighted by Gasteiger charge is 2.17. The molecule has 1 atom stereocenters. The molecule has 0 saturated heterocycles. The predicted molar refractivity (Wildman–Crippen MR) is 156 cm³/mol. The molecule has 4 aromatic rings. The summed E-state index contributed by atoms with van der Waals surface area (Å²) < 4.78 is 5.35. The molecule has 1 heterocycles. The zero-order valence-corrected chi connectivity index (χ0v) is 22.7. The fraction of sp³-hybridized carbons (Fsp3) is 0.115. The number of amides is 1. The molecule has 0 saturated carbocycles. The van der Waals surface area contributed by atoms with E-state index in [4.69, 9.17) is 28.6 Å². The van der Waals surface area contributed by atoms with Crippen molar-refractivity contribution in [1.29, 1.82) is 0 Å². The Morgan fingerprint density at radius 3 is 2.61 bits per heavy atom. The van der Waals surface area contributed by atoms with Crippen LogP contribution in [0.4, 0.5) is 16.5 Å². The molecule has 10 heteroatoms. The molecule has 1 unspecified atom stereocenters. The van der Waals surface area contributed by atoms with Crippen molar-refractivity contribution in [2.24, 2.45) is 0 Å². The highest BCUT2D eigenvalue weighted by molar-refractivity contribution is 8.00. The quantitative estimate of drug-likeness (QED) is 0.155. The van der Waals surface area contributed by atoms with Gasteiger partial charge in [0, 0.05) is 26.5 Å². The molecule has 0 aliphatic heterocycles. The number of carbonyl (C=O) groups excluding carboxylic acids is 1. The number of anilines is 3. The zero-order chi connectivity index (χ0) is 25.5. The Morgan fingerprint density at radius 2 is 1.83 bits per heavy atom. The lowest BCUT2D eigenvalue weighted by atomic mass is 10.2. The Morgan fingerprint density at radius 1 is 1.06 bits per heavy atom. The summed E-state index contributed by atoms with van der Waals surface area (Å²) in [6.45, 7) is 1.86. The highest BCUT2D eigenvalue weighted by atomic mass is 35.5. The number of methoxy groups -OCH3 is 1. The molecule has 3 aromatic carbocycles. The molecule has 1 aromatic heterocycles. The standard InChI is InChI=1S/C26H23ClN4O2S3/c1-16(24(32)31-26-30-22(15-35-26)17-10-12-18(27)13-11-17)36-20-7-5-6-19(14-20)28-25(34)29-21-8-3-4-9-23(21)33-2/h3-16H,1-2H3,(H2,28,29,34)(H,30,31,32). The van der Waals surface area contributed by atoms with Gasteiger partial charge in [-0.3, -0.25) is 4.79 Å². The van der Waals surface area contributed by atoms with E-state index in [9.17, 15) is 4.79 Å². The molecular weight excluding hydrogens is 532 g/mol. The van der Waals surface area contributed by atoms with Gasteiger partial charge in [0.1, 0.15) is 5.75 Å². The second-order valence-corrected chi connectivity index (χ2v) is 10.7. The van der Waals surface area contributed by atoms with Gasteiger partial charge in [-0.1, -0.05) is 41.9 Å². The summed E-state index contributed by atoms with van der Waals surface area (Å²) in [5.41, 5.74) is 3.33. The minimum atomic E-state index is -0.332. The molecule has 3 N–H and O–H groups in total. The molecule has 4 rings (SSSR count). The molecule has 0 spiro atoms. The van der Waals surface area contributed by atoms with Gasteiger partial charge in [-0.15, -0.1) is 23.1 Å². The van der Waals surface area contributed by atoms with E-state index in [1.165, 1.54) is 23.1 Å². The summed E-state index contributed by atoms with van der Waals surface area (Å²) >= 11 is 14.3. The van der Waals surface area contributed by atoms with Crippen LogP contribution in [0.3, 0.4) is 0 Å². The topological polar surface area (TPSA) is 75.3 Å². The fourth-order valence-corrected chi connectivity index (χ4v) is 5.23. The van der Waals surface area contributed by atoms with Crippen molar-refractivity contribution in [3.05, 3.63) is 83.2 Å². The zero-order valence-electron chi connectivity index (χ0n) is 19.4. The number of ether oxygens (including phenoxy) is 1. The van der Waals surface area contributed by atoms with Crippen LogP contribution in [0, 0.1) is 0 Å². The number of aromatic nitrogens is 1. The Bertz CT molecular complexity index is 1360. The number of thioether (sulfide) groups is 1. The number of thiocarbonyl (C=S) groups is 1. The first-order chi connectivity index (χ1) is 17.4. The molecule has 6 nitrogen and oxygen atoms in total. The van der Waals surface area contributed by atoms with Crippen LogP contribution in [0.5, 0.6) is 5.75 Å². The maximum atomic E-state index is 12.8. The molecule has 0 aliphatic rings. The van der Waals surface area contributed by atoms with Crippen LogP contribution in [0.25, 0.3) is 11.3 Å². The summed E-state index contributed by atoms with van der Waals surface area (Å²) in [7, 11) is 1.61. The third kappa shape index (κ3) is 6.98. The summed E-state index contributed by atoms with van der Waals surface area (Å²) in [6.07, 6.45) is 0. The van der Waals surface area contributed by atoms with Crippen molar-refractivity contribution in [3.8, 4) is 17.0 Å². The second-order valence-electron chi connectivity index (χ2n) is 7.60. The third-order valence-corrected chi connectivity index (χ3v) is 7.31.